The van der Waals surface area contributed by atoms with Crippen molar-refractivity contribution in [3.8, 4) is 0 Å². The lowest BCUT2D eigenvalue weighted by Gasteiger charge is -2.22. The van der Waals surface area contributed by atoms with Gasteiger partial charge in [0.15, 0.2) is 5.76 Å². The molecule has 1 aliphatic rings. The number of amides is 2. The molecule has 2 amide bonds. The van der Waals surface area contributed by atoms with E-state index in [4.69, 9.17) is 4.42 Å². The first kappa shape index (κ1) is 13.6. The second-order valence-electron chi connectivity index (χ2n) is 4.89. The summed E-state index contributed by atoms with van der Waals surface area (Å²) in [4.78, 5) is 23.2. The van der Waals surface area contributed by atoms with Crippen LogP contribution in [0.2, 0.25) is 0 Å². The van der Waals surface area contributed by atoms with Gasteiger partial charge in [-0.05, 0) is 25.0 Å². The minimum Gasteiger partial charge on any atom is -0.459 e. The van der Waals surface area contributed by atoms with Gasteiger partial charge in [-0.2, -0.15) is 0 Å². The molecule has 1 aliphatic carbocycles. The Balaban J connectivity index is 1.62. The fraction of sp³-hybridized carbons (Fsp3) is 0.571. The number of furan rings is 1. The first-order valence-corrected chi connectivity index (χ1v) is 6.87. The Hall–Kier alpha value is -1.78. The van der Waals surface area contributed by atoms with Crippen molar-refractivity contribution in [2.45, 2.75) is 44.6 Å². The van der Waals surface area contributed by atoms with Gasteiger partial charge in [0, 0.05) is 19.0 Å². The van der Waals surface area contributed by atoms with Crippen molar-refractivity contribution in [2.75, 3.05) is 6.54 Å². The van der Waals surface area contributed by atoms with Crippen molar-refractivity contribution in [3.63, 3.8) is 0 Å². The van der Waals surface area contributed by atoms with E-state index in [0.717, 1.165) is 12.8 Å². The Labute approximate surface area is 112 Å². The summed E-state index contributed by atoms with van der Waals surface area (Å²) < 4.78 is 4.96. The Morgan fingerprint density at radius 3 is 2.74 bits per heavy atom. The minimum atomic E-state index is -0.282. The Morgan fingerprint density at radius 1 is 1.26 bits per heavy atom. The molecule has 19 heavy (non-hydrogen) atoms. The SMILES string of the molecule is O=C(CCNC(=O)c1ccco1)NC1CCCCC1. The van der Waals surface area contributed by atoms with Crippen LogP contribution in [0.4, 0.5) is 0 Å². The number of rotatable bonds is 5. The maximum Gasteiger partial charge on any atom is 0.286 e. The van der Waals surface area contributed by atoms with E-state index in [1.165, 1.54) is 25.5 Å². The summed E-state index contributed by atoms with van der Waals surface area (Å²) >= 11 is 0. The van der Waals surface area contributed by atoms with Gasteiger partial charge in [-0.25, -0.2) is 0 Å². The third-order valence-electron chi connectivity index (χ3n) is 3.35. The molecule has 2 rings (SSSR count). The van der Waals surface area contributed by atoms with Gasteiger partial charge in [0.25, 0.3) is 5.91 Å². The lowest BCUT2D eigenvalue weighted by atomic mass is 9.95. The van der Waals surface area contributed by atoms with Gasteiger partial charge >= 0.3 is 0 Å². The van der Waals surface area contributed by atoms with Gasteiger partial charge in [-0.1, -0.05) is 19.3 Å². The first-order chi connectivity index (χ1) is 9.25. The fourth-order valence-electron chi connectivity index (χ4n) is 2.33. The van der Waals surface area contributed by atoms with Crippen molar-refractivity contribution in [1.29, 1.82) is 0 Å². The third kappa shape index (κ3) is 4.43. The lowest BCUT2D eigenvalue weighted by Crippen LogP contribution is -2.38. The quantitative estimate of drug-likeness (QED) is 0.852. The Bertz CT molecular complexity index is 408. The second kappa shape index (κ2) is 6.97. The molecule has 1 aromatic heterocycles. The van der Waals surface area contributed by atoms with Gasteiger partial charge in [0.05, 0.1) is 6.26 Å². The van der Waals surface area contributed by atoms with Crippen molar-refractivity contribution in [3.05, 3.63) is 24.2 Å². The van der Waals surface area contributed by atoms with Crippen LogP contribution in [0.25, 0.3) is 0 Å². The number of carbonyl (C=O) groups excluding carboxylic acids is 2. The molecule has 0 bridgehead atoms. The molecule has 0 radical (unpaired) electrons. The molecule has 2 N–H and O–H groups in total. The van der Waals surface area contributed by atoms with Crippen LogP contribution in [-0.2, 0) is 4.79 Å². The maximum atomic E-state index is 11.7. The number of carbonyl (C=O) groups is 2. The van der Waals surface area contributed by atoms with E-state index in [-0.39, 0.29) is 17.6 Å². The van der Waals surface area contributed by atoms with Crippen molar-refractivity contribution in [1.82, 2.24) is 10.6 Å². The summed E-state index contributed by atoms with van der Waals surface area (Å²) in [5.41, 5.74) is 0. The molecule has 0 atom stereocenters. The minimum absolute atomic E-state index is 0.00615. The number of nitrogens with one attached hydrogen (secondary N) is 2. The average molecular weight is 264 g/mol. The van der Waals surface area contributed by atoms with Crippen LogP contribution < -0.4 is 10.6 Å². The Kier molecular flexibility index (Phi) is 5.01. The highest BCUT2D eigenvalue weighted by Gasteiger charge is 2.15. The van der Waals surface area contributed by atoms with Crippen LogP contribution in [0.3, 0.4) is 0 Å². The van der Waals surface area contributed by atoms with Crippen molar-refractivity contribution in [2.24, 2.45) is 0 Å². The van der Waals surface area contributed by atoms with E-state index >= 15 is 0 Å². The van der Waals surface area contributed by atoms with E-state index in [1.807, 2.05) is 0 Å². The van der Waals surface area contributed by atoms with E-state index in [2.05, 4.69) is 10.6 Å². The standard InChI is InChI=1S/C14H20N2O3/c17-13(16-11-5-2-1-3-6-11)8-9-15-14(18)12-7-4-10-19-12/h4,7,10-11H,1-3,5-6,8-9H2,(H,15,18)(H,16,17). The zero-order valence-corrected chi connectivity index (χ0v) is 11.0. The summed E-state index contributed by atoms with van der Waals surface area (Å²) in [5.74, 6) is -0.00481. The molecule has 1 heterocycles. The lowest BCUT2D eigenvalue weighted by molar-refractivity contribution is -0.121. The number of hydrogen-bond donors (Lipinski definition) is 2. The van der Waals surface area contributed by atoms with E-state index < -0.39 is 0 Å². The fourth-order valence-corrected chi connectivity index (χ4v) is 2.33. The highest BCUT2D eigenvalue weighted by Crippen LogP contribution is 2.17. The highest BCUT2D eigenvalue weighted by atomic mass is 16.3. The maximum absolute atomic E-state index is 11.7. The zero-order chi connectivity index (χ0) is 13.5. The molecule has 1 saturated carbocycles. The molecule has 1 aromatic rings. The summed E-state index contributed by atoms with van der Waals surface area (Å²) in [6, 6.07) is 3.57. The van der Waals surface area contributed by atoms with Crippen LogP contribution >= 0.6 is 0 Å². The van der Waals surface area contributed by atoms with Crippen molar-refractivity contribution >= 4 is 11.8 Å². The molecule has 1 fully saturated rings. The first-order valence-electron chi connectivity index (χ1n) is 6.87. The molecule has 0 aromatic carbocycles. The smallest absolute Gasteiger partial charge is 0.286 e. The molecule has 0 unspecified atom stereocenters. The van der Waals surface area contributed by atoms with E-state index in [9.17, 15) is 9.59 Å². The van der Waals surface area contributed by atoms with Gasteiger partial charge in [0.2, 0.25) is 5.91 Å². The molecular formula is C14H20N2O3. The largest absolute Gasteiger partial charge is 0.459 e. The van der Waals surface area contributed by atoms with E-state index in [1.54, 1.807) is 12.1 Å². The zero-order valence-electron chi connectivity index (χ0n) is 11.0. The summed E-state index contributed by atoms with van der Waals surface area (Å²) in [5, 5.41) is 5.67. The predicted octanol–water partition coefficient (Wildman–Crippen LogP) is 1.85. The van der Waals surface area contributed by atoms with Crippen LogP contribution in [0.15, 0.2) is 22.8 Å². The molecule has 5 nitrogen and oxygen atoms in total. The van der Waals surface area contributed by atoms with Crippen LogP contribution in [-0.4, -0.2) is 24.4 Å². The topological polar surface area (TPSA) is 71.3 Å². The van der Waals surface area contributed by atoms with Crippen molar-refractivity contribution < 1.29 is 14.0 Å². The molecule has 104 valence electrons. The van der Waals surface area contributed by atoms with Crippen LogP contribution in [0.5, 0.6) is 0 Å². The summed E-state index contributed by atoms with van der Waals surface area (Å²) in [7, 11) is 0. The number of hydrogen-bond acceptors (Lipinski definition) is 3. The predicted molar refractivity (Wildman–Crippen MR) is 70.7 cm³/mol. The molecule has 0 saturated heterocycles. The van der Waals surface area contributed by atoms with Crippen LogP contribution in [0.1, 0.15) is 49.1 Å². The molecular weight excluding hydrogens is 244 g/mol. The molecule has 0 spiro atoms. The monoisotopic (exact) mass is 264 g/mol. The summed E-state index contributed by atoms with van der Waals surface area (Å²) in [6.07, 6.45) is 7.56. The highest BCUT2D eigenvalue weighted by molar-refractivity contribution is 5.91. The van der Waals surface area contributed by atoms with Crippen LogP contribution in [0, 0.1) is 0 Å². The average Bonchev–Trinajstić information content (AvgIpc) is 2.93. The molecule has 0 aliphatic heterocycles. The van der Waals surface area contributed by atoms with E-state index in [0.29, 0.717) is 19.0 Å². The second-order valence-corrected chi connectivity index (χ2v) is 4.89. The summed E-state index contributed by atoms with van der Waals surface area (Å²) in [6.45, 7) is 0.331. The van der Waals surface area contributed by atoms with Gasteiger partial charge in [-0.3, -0.25) is 9.59 Å². The van der Waals surface area contributed by atoms with Gasteiger partial charge in [0.1, 0.15) is 0 Å². The normalized spacial score (nSPS) is 16.0. The Morgan fingerprint density at radius 2 is 2.05 bits per heavy atom. The third-order valence-corrected chi connectivity index (χ3v) is 3.35. The van der Waals surface area contributed by atoms with Gasteiger partial charge in [-0.15, -0.1) is 0 Å². The molecule has 5 heteroatoms. The van der Waals surface area contributed by atoms with Gasteiger partial charge < -0.3 is 15.1 Å².